The molecule has 0 aromatic carbocycles. The van der Waals surface area contributed by atoms with E-state index in [0.29, 0.717) is 0 Å². The molecule has 3 heteroatoms. The normalized spacial score (nSPS) is 32.3. The van der Waals surface area contributed by atoms with Crippen LogP contribution in [0.2, 0.25) is 0 Å². The minimum atomic E-state index is -0.257. The first kappa shape index (κ1) is 7.16. The predicted molar refractivity (Wildman–Crippen MR) is 44.4 cm³/mol. The average Bonchev–Trinajstić information content (AvgIpc) is 2.07. The van der Waals surface area contributed by atoms with E-state index in [1.54, 1.807) is 18.2 Å². The van der Waals surface area contributed by atoms with E-state index in [2.05, 4.69) is 5.32 Å². The van der Waals surface area contributed by atoms with Crippen LogP contribution in [-0.2, 0) is 4.79 Å². The molecule has 0 fully saturated rings. The van der Waals surface area contributed by atoms with Crippen LogP contribution in [0.1, 0.15) is 0 Å². The first-order valence-corrected chi connectivity index (χ1v) is 3.83. The summed E-state index contributed by atoms with van der Waals surface area (Å²) in [4.78, 5) is 10.9. The van der Waals surface area contributed by atoms with Crippen molar-refractivity contribution in [2.75, 3.05) is 0 Å². The highest BCUT2D eigenvalue weighted by Gasteiger charge is 2.27. The second-order valence-corrected chi connectivity index (χ2v) is 2.90. The van der Waals surface area contributed by atoms with E-state index in [0.717, 1.165) is 0 Å². The summed E-state index contributed by atoms with van der Waals surface area (Å²) in [6.45, 7) is 0. The van der Waals surface area contributed by atoms with Crippen molar-refractivity contribution in [3.8, 4) is 0 Å². The van der Waals surface area contributed by atoms with Crippen molar-refractivity contribution in [1.82, 2.24) is 5.32 Å². The van der Waals surface area contributed by atoms with Crippen molar-refractivity contribution in [1.29, 1.82) is 0 Å². The van der Waals surface area contributed by atoms with Crippen LogP contribution in [0.4, 0.5) is 0 Å². The van der Waals surface area contributed by atoms with E-state index < -0.39 is 0 Å². The maximum Gasteiger partial charge on any atom is 0.244 e. The first-order chi connectivity index (χ1) is 5.77. The molecular weight excluding hydrogens is 154 g/mol. The maximum absolute atomic E-state index is 10.9. The number of hydrogen-bond acceptors (Lipinski definition) is 2. The highest BCUT2D eigenvalue weighted by atomic mass is 16.3. The fourth-order valence-electron chi connectivity index (χ4n) is 1.44. The lowest BCUT2D eigenvalue weighted by Gasteiger charge is -2.27. The summed E-state index contributed by atoms with van der Waals surface area (Å²) >= 11 is 0. The van der Waals surface area contributed by atoms with Gasteiger partial charge in [-0.25, -0.2) is 0 Å². The lowest BCUT2D eigenvalue weighted by Crippen LogP contribution is -2.43. The first-order valence-electron chi connectivity index (χ1n) is 3.83. The van der Waals surface area contributed by atoms with Crippen LogP contribution in [0.3, 0.4) is 0 Å². The Morgan fingerprint density at radius 3 is 3.08 bits per heavy atom. The van der Waals surface area contributed by atoms with Crippen molar-refractivity contribution >= 4 is 5.91 Å². The van der Waals surface area contributed by atoms with Crippen molar-refractivity contribution in [3.63, 3.8) is 0 Å². The fourth-order valence-corrected chi connectivity index (χ4v) is 1.44. The zero-order chi connectivity index (χ0) is 8.55. The molecule has 1 heterocycles. The maximum atomic E-state index is 10.9. The van der Waals surface area contributed by atoms with Gasteiger partial charge in [-0.15, -0.1) is 0 Å². The van der Waals surface area contributed by atoms with Crippen molar-refractivity contribution < 1.29 is 9.90 Å². The molecule has 1 aliphatic heterocycles. The summed E-state index contributed by atoms with van der Waals surface area (Å²) in [5.41, 5.74) is 0. The number of amides is 1. The van der Waals surface area contributed by atoms with Gasteiger partial charge in [0.2, 0.25) is 5.91 Å². The number of allylic oxidation sites excluding steroid dienone is 2. The Balaban J connectivity index is 2.31. The molecule has 2 N–H and O–H groups in total. The molecule has 0 bridgehead atoms. The third kappa shape index (κ3) is 1.03. The van der Waals surface area contributed by atoms with Gasteiger partial charge in [-0.1, -0.05) is 18.2 Å². The monoisotopic (exact) mass is 163 g/mol. The minimum Gasteiger partial charge on any atom is -0.510 e. The molecule has 3 nitrogen and oxygen atoms in total. The lowest BCUT2D eigenvalue weighted by molar-refractivity contribution is -0.117. The molecule has 2 rings (SSSR count). The largest absolute Gasteiger partial charge is 0.510 e. The summed E-state index contributed by atoms with van der Waals surface area (Å²) in [7, 11) is 0. The van der Waals surface area contributed by atoms with E-state index in [-0.39, 0.29) is 23.6 Å². The molecule has 62 valence electrons. The molecule has 0 radical (unpaired) electrons. The average molecular weight is 163 g/mol. The fraction of sp³-hybridized carbons (Fsp3) is 0.222. The molecular formula is C9H9NO2. The second-order valence-electron chi connectivity index (χ2n) is 2.90. The number of fused-ring (bicyclic) bond motifs is 1. The molecule has 0 aromatic heterocycles. The van der Waals surface area contributed by atoms with Gasteiger partial charge in [0.15, 0.2) is 0 Å². The van der Waals surface area contributed by atoms with E-state index >= 15 is 0 Å². The molecule has 2 aliphatic rings. The smallest absolute Gasteiger partial charge is 0.244 e. The van der Waals surface area contributed by atoms with Crippen molar-refractivity contribution in [2.24, 2.45) is 5.92 Å². The van der Waals surface area contributed by atoms with Crippen LogP contribution in [0, 0.1) is 5.92 Å². The van der Waals surface area contributed by atoms with Crippen LogP contribution in [0.15, 0.2) is 36.1 Å². The third-order valence-electron chi connectivity index (χ3n) is 2.07. The Kier molecular flexibility index (Phi) is 1.50. The number of nitrogens with one attached hydrogen (secondary N) is 1. The van der Waals surface area contributed by atoms with Crippen molar-refractivity contribution in [3.05, 3.63) is 36.1 Å². The summed E-state index contributed by atoms with van der Waals surface area (Å²) in [5, 5.41) is 12.1. The molecule has 2 unspecified atom stereocenters. The Labute approximate surface area is 70.1 Å². The van der Waals surface area contributed by atoms with Crippen LogP contribution in [0.25, 0.3) is 0 Å². The van der Waals surface area contributed by atoms with Gasteiger partial charge in [0.05, 0.1) is 6.04 Å². The van der Waals surface area contributed by atoms with Crippen LogP contribution >= 0.6 is 0 Å². The summed E-state index contributed by atoms with van der Waals surface area (Å²) < 4.78 is 0. The lowest BCUT2D eigenvalue weighted by atomic mass is 9.91. The number of carbonyl (C=O) groups is 1. The van der Waals surface area contributed by atoms with E-state index in [9.17, 15) is 9.90 Å². The van der Waals surface area contributed by atoms with E-state index in [1.807, 2.05) is 6.08 Å². The van der Waals surface area contributed by atoms with Gasteiger partial charge in [0.1, 0.15) is 5.76 Å². The number of rotatable bonds is 0. The van der Waals surface area contributed by atoms with Gasteiger partial charge in [-0.2, -0.15) is 0 Å². The molecule has 1 amide bonds. The Morgan fingerprint density at radius 2 is 2.25 bits per heavy atom. The number of aliphatic hydroxyl groups is 1. The summed E-state index contributed by atoms with van der Waals surface area (Å²) in [6, 6.07) is -0.257. The molecule has 12 heavy (non-hydrogen) atoms. The van der Waals surface area contributed by atoms with Gasteiger partial charge in [0.25, 0.3) is 0 Å². The van der Waals surface area contributed by atoms with Crippen LogP contribution in [0.5, 0.6) is 0 Å². The quantitative estimate of drug-likeness (QED) is 0.551. The highest BCUT2D eigenvalue weighted by molar-refractivity contribution is 5.89. The molecule has 0 spiro atoms. The Bertz CT molecular complexity index is 302. The SMILES string of the molecule is O=C1C=CC2C=CC=C(O)C2N1. The number of carbonyl (C=O) groups excluding carboxylic acids is 1. The zero-order valence-electron chi connectivity index (χ0n) is 6.40. The summed E-state index contributed by atoms with van der Waals surface area (Å²) in [5.74, 6) is 0.180. The van der Waals surface area contributed by atoms with Gasteiger partial charge in [-0.05, 0) is 12.2 Å². The molecule has 0 saturated heterocycles. The molecule has 2 atom stereocenters. The number of aliphatic hydroxyl groups excluding tert-OH is 1. The minimum absolute atomic E-state index is 0.104. The predicted octanol–water partition coefficient (Wildman–Crippen LogP) is 0.669. The van der Waals surface area contributed by atoms with E-state index in [4.69, 9.17) is 0 Å². The van der Waals surface area contributed by atoms with Crippen molar-refractivity contribution in [2.45, 2.75) is 6.04 Å². The molecule has 0 aromatic rings. The van der Waals surface area contributed by atoms with Gasteiger partial charge >= 0.3 is 0 Å². The Hall–Kier alpha value is -1.51. The topological polar surface area (TPSA) is 49.3 Å². The van der Waals surface area contributed by atoms with Crippen LogP contribution < -0.4 is 5.32 Å². The van der Waals surface area contributed by atoms with Crippen LogP contribution in [-0.4, -0.2) is 17.1 Å². The van der Waals surface area contributed by atoms with E-state index in [1.165, 1.54) is 6.08 Å². The summed E-state index contributed by atoms with van der Waals surface area (Å²) in [6.07, 6.45) is 8.62. The standard InChI is InChI=1S/C9H9NO2/c11-7-3-1-2-6-4-5-8(12)10-9(6)7/h1-6,9,11H,(H,10,12). The molecule has 0 saturated carbocycles. The van der Waals surface area contributed by atoms with Gasteiger partial charge in [-0.3, -0.25) is 4.79 Å². The Morgan fingerprint density at radius 1 is 1.42 bits per heavy atom. The third-order valence-corrected chi connectivity index (χ3v) is 2.07. The van der Waals surface area contributed by atoms with Gasteiger partial charge < -0.3 is 10.4 Å². The second kappa shape index (κ2) is 2.52. The molecule has 1 aliphatic carbocycles. The highest BCUT2D eigenvalue weighted by Crippen LogP contribution is 2.21. The number of hydrogen-bond donors (Lipinski definition) is 2. The van der Waals surface area contributed by atoms with Gasteiger partial charge in [0, 0.05) is 5.92 Å². The zero-order valence-corrected chi connectivity index (χ0v) is 6.40.